The van der Waals surface area contributed by atoms with Gasteiger partial charge in [0.15, 0.2) is 0 Å². The number of aromatic nitrogens is 1. The molecule has 0 spiro atoms. The second-order valence-electron chi connectivity index (χ2n) is 3.16. The summed E-state index contributed by atoms with van der Waals surface area (Å²) < 4.78 is 30.2. The van der Waals surface area contributed by atoms with Crippen LogP contribution in [0.3, 0.4) is 0 Å². The van der Waals surface area contributed by atoms with Crippen molar-refractivity contribution in [3.8, 4) is 0 Å². The average molecular weight is 373 g/mol. The van der Waals surface area contributed by atoms with Crippen LogP contribution in [0.5, 0.6) is 0 Å². The number of pyridine rings is 1. The van der Waals surface area contributed by atoms with Crippen LogP contribution in [0.15, 0.2) is 10.7 Å². The Labute approximate surface area is 114 Å². The van der Waals surface area contributed by atoms with Crippen molar-refractivity contribution in [3.05, 3.63) is 27.5 Å². The van der Waals surface area contributed by atoms with Gasteiger partial charge in [0.05, 0.1) is 24.8 Å². The molecule has 0 aliphatic rings. The van der Waals surface area contributed by atoms with Gasteiger partial charge in [0, 0.05) is 5.33 Å². The lowest BCUT2D eigenvalue weighted by Gasteiger charge is -2.11. The van der Waals surface area contributed by atoms with Crippen molar-refractivity contribution in [1.82, 2.24) is 4.98 Å². The van der Waals surface area contributed by atoms with E-state index in [1.54, 1.807) is 0 Å². The summed E-state index contributed by atoms with van der Waals surface area (Å²) in [6, 6.07) is 1.47. The third kappa shape index (κ3) is 3.70. The van der Waals surface area contributed by atoms with Crippen LogP contribution in [0.25, 0.3) is 0 Å². The van der Waals surface area contributed by atoms with Gasteiger partial charge in [-0.3, -0.25) is 4.79 Å². The molecule has 1 heterocycles. The fourth-order valence-electron chi connectivity index (χ4n) is 1.30. The van der Waals surface area contributed by atoms with Crippen molar-refractivity contribution in [2.75, 3.05) is 7.11 Å². The number of hydrogen-bond acceptors (Lipinski definition) is 3. The summed E-state index contributed by atoms with van der Waals surface area (Å²) >= 11 is 6.17. The van der Waals surface area contributed by atoms with E-state index in [1.165, 1.54) is 13.2 Å². The molecular weight excluding hydrogens is 364 g/mol. The molecule has 1 aromatic heterocycles. The van der Waals surface area contributed by atoms with E-state index < -0.39 is 12.4 Å². The van der Waals surface area contributed by atoms with E-state index in [1.807, 2.05) is 0 Å². The number of methoxy groups -OCH3 is 1. The normalized spacial score (nSPS) is 10.7. The molecule has 0 aromatic carbocycles. The number of ether oxygens (including phenoxy) is 1. The van der Waals surface area contributed by atoms with Crippen LogP contribution in [-0.4, -0.2) is 18.1 Å². The lowest BCUT2D eigenvalue weighted by atomic mass is 10.1. The van der Waals surface area contributed by atoms with Gasteiger partial charge in [-0.1, -0.05) is 15.9 Å². The smallest absolute Gasteiger partial charge is 0.309 e. The minimum Gasteiger partial charge on any atom is -0.469 e. The molecule has 0 saturated carbocycles. The van der Waals surface area contributed by atoms with Crippen LogP contribution < -0.4 is 0 Å². The molecule has 94 valence electrons. The lowest BCUT2D eigenvalue weighted by Crippen LogP contribution is -2.09. The monoisotopic (exact) mass is 371 g/mol. The zero-order chi connectivity index (χ0) is 13.0. The summed E-state index contributed by atoms with van der Waals surface area (Å²) in [4.78, 5) is 15.1. The maximum absolute atomic E-state index is 12.8. The van der Waals surface area contributed by atoms with E-state index in [-0.39, 0.29) is 22.2 Å². The van der Waals surface area contributed by atoms with Gasteiger partial charge >= 0.3 is 5.97 Å². The summed E-state index contributed by atoms with van der Waals surface area (Å²) in [7, 11) is 1.21. The molecule has 0 unspecified atom stereocenters. The molecular formula is C10H9Br2F2NO2. The molecule has 0 fully saturated rings. The maximum Gasteiger partial charge on any atom is 0.309 e. The number of nitrogens with zero attached hydrogens (tertiary/aromatic N) is 1. The lowest BCUT2D eigenvalue weighted by molar-refractivity contribution is -0.139. The zero-order valence-corrected chi connectivity index (χ0v) is 12.0. The maximum atomic E-state index is 12.8. The number of esters is 1. The van der Waals surface area contributed by atoms with Crippen LogP contribution in [0.2, 0.25) is 0 Å². The molecule has 0 N–H and O–H groups in total. The number of alkyl halides is 3. The number of carbonyl (C=O) groups excluding carboxylic acids is 1. The third-order valence-corrected chi connectivity index (χ3v) is 3.25. The molecule has 1 rings (SSSR count). The zero-order valence-electron chi connectivity index (χ0n) is 8.84. The van der Waals surface area contributed by atoms with Gasteiger partial charge in [0.2, 0.25) is 0 Å². The van der Waals surface area contributed by atoms with Gasteiger partial charge in [0.1, 0.15) is 4.60 Å². The standard InChI is InChI=1S/C10H9Br2F2NO2/c1-17-7(16)3-5-2-6(4-11)15-9(12)8(5)10(13)14/h2,10H,3-4H2,1H3. The van der Waals surface area contributed by atoms with Crippen molar-refractivity contribution >= 4 is 37.8 Å². The van der Waals surface area contributed by atoms with E-state index in [0.717, 1.165) is 0 Å². The van der Waals surface area contributed by atoms with Crippen LogP contribution in [0.4, 0.5) is 8.78 Å². The van der Waals surface area contributed by atoms with Gasteiger partial charge in [-0.05, 0) is 27.6 Å². The van der Waals surface area contributed by atoms with Crippen molar-refractivity contribution in [1.29, 1.82) is 0 Å². The average Bonchev–Trinajstić information content (AvgIpc) is 2.27. The molecule has 7 heteroatoms. The Kier molecular flexibility index (Phi) is 5.45. The Balaban J connectivity index is 3.22. The molecule has 0 atom stereocenters. The molecule has 0 bridgehead atoms. The first-order valence-electron chi connectivity index (χ1n) is 4.58. The van der Waals surface area contributed by atoms with Crippen LogP contribution in [-0.2, 0) is 21.3 Å². The summed E-state index contributed by atoms with van der Waals surface area (Å²) in [6.07, 6.45) is -2.89. The Hall–Kier alpha value is -0.560. The fourth-order valence-corrected chi connectivity index (χ4v) is 2.25. The summed E-state index contributed by atoms with van der Waals surface area (Å²) in [6.45, 7) is 0. The highest BCUT2D eigenvalue weighted by molar-refractivity contribution is 9.10. The number of carbonyl (C=O) groups is 1. The predicted molar refractivity (Wildman–Crippen MR) is 65.2 cm³/mol. The van der Waals surface area contributed by atoms with Crippen molar-refractivity contribution in [2.45, 2.75) is 18.2 Å². The molecule has 0 amide bonds. The van der Waals surface area contributed by atoms with Gasteiger partial charge in [-0.2, -0.15) is 0 Å². The SMILES string of the molecule is COC(=O)Cc1cc(CBr)nc(Br)c1C(F)F. The minimum atomic E-state index is -2.69. The van der Waals surface area contributed by atoms with E-state index in [9.17, 15) is 13.6 Å². The van der Waals surface area contributed by atoms with Crippen molar-refractivity contribution in [2.24, 2.45) is 0 Å². The fraction of sp³-hybridized carbons (Fsp3) is 0.400. The molecule has 3 nitrogen and oxygen atoms in total. The van der Waals surface area contributed by atoms with Gasteiger partial charge in [-0.15, -0.1) is 0 Å². The highest BCUT2D eigenvalue weighted by Crippen LogP contribution is 2.30. The molecule has 0 saturated heterocycles. The van der Waals surface area contributed by atoms with Crippen LogP contribution in [0, 0.1) is 0 Å². The molecule has 1 aromatic rings. The highest BCUT2D eigenvalue weighted by atomic mass is 79.9. The van der Waals surface area contributed by atoms with Gasteiger partial charge < -0.3 is 4.74 Å². The largest absolute Gasteiger partial charge is 0.469 e. The first-order chi connectivity index (χ1) is 7.99. The topological polar surface area (TPSA) is 39.2 Å². The molecule has 0 radical (unpaired) electrons. The minimum absolute atomic E-state index is 0.0587. The van der Waals surface area contributed by atoms with Crippen LogP contribution in [0.1, 0.15) is 23.2 Å². The molecule has 0 aliphatic carbocycles. The van der Waals surface area contributed by atoms with Crippen molar-refractivity contribution in [3.63, 3.8) is 0 Å². The highest BCUT2D eigenvalue weighted by Gasteiger charge is 2.21. The summed E-state index contributed by atoms with van der Waals surface area (Å²) in [5.41, 5.74) is 0.531. The van der Waals surface area contributed by atoms with E-state index >= 15 is 0 Å². The first-order valence-corrected chi connectivity index (χ1v) is 6.50. The van der Waals surface area contributed by atoms with Crippen LogP contribution >= 0.6 is 31.9 Å². The number of hydrogen-bond donors (Lipinski definition) is 0. The molecule has 0 aliphatic heterocycles. The Bertz CT molecular complexity index is 427. The number of halogens is 4. The van der Waals surface area contributed by atoms with Gasteiger partial charge in [0.25, 0.3) is 6.43 Å². The first kappa shape index (κ1) is 14.5. The van der Waals surface area contributed by atoms with E-state index in [0.29, 0.717) is 11.0 Å². The Morgan fingerprint density at radius 2 is 2.24 bits per heavy atom. The van der Waals surface area contributed by atoms with E-state index in [2.05, 4.69) is 41.6 Å². The Morgan fingerprint density at radius 1 is 1.59 bits per heavy atom. The molecule has 17 heavy (non-hydrogen) atoms. The van der Waals surface area contributed by atoms with E-state index in [4.69, 9.17) is 0 Å². The predicted octanol–water partition coefficient (Wildman–Crippen LogP) is 3.39. The third-order valence-electron chi connectivity index (χ3n) is 2.07. The summed E-state index contributed by atoms with van der Waals surface area (Å²) in [5.74, 6) is -0.564. The quantitative estimate of drug-likeness (QED) is 0.462. The Morgan fingerprint density at radius 3 is 2.71 bits per heavy atom. The number of rotatable bonds is 4. The summed E-state index contributed by atoms with van der Waals surface area (Å²) in [5, 5.41) is 0.420. The van der Waals surface area contributed by atoms with Crippen molar-refractivity contribution < 1.29 is 18.3 Å². The van der Waals surface area contributed by atoms with Gasteiger partial charge in [-0.25, -0.2) is 13.8 Å². The second-order valence-corrected chi connectivity index (χ2v) is 4.48. The second kappa shape index (κ2) is 6.39.